The van der Waals surface area contributed by atoms with E-state index in [0.717, 1.165) is 0 Å². The first-order chi connectivity index (χ1) is 7.81. The molecule has 1 aromatic rings. The van der Waals surface area contributed by atoms with Crippen molar-refractivity contribution in [1.29, 1.82) is 0 Å². The zero-order valence-electron chi connectivity index (χ0n) is 9.87. The minimum Gasteiger partial charge on any atom is -0.455 e. The van der Waals surface area contributed by atoms with Gasteiger partial charge in [-0.15, -0.1) is 0 Å². The van der Waals surface area contributed by atoms with Crippen molar-refractivity contribution in [2.75, 3.05) is 0 Å². The van der Waals surface area contributed by atoms with Crippen molar-refractivity contribution < 1.29 is 23.0 Å². The van der Waals surface area contributed by atoms with Crippen LogP contribution < -0.4 is 4.74 Å². The smallest absolute Gasteiger partial charge is 0.387 e. The molecule has 5 heteroatoms. The summed E-state index contributed by atoms with van der Waals surface area (Å²) < 4.78 is 33.2. The van der Waals surface area contributed by atoms with Crippen LogP contribution in [-0.4, -0.2) is 12.6 Å². The maximum Gasteiger partial charge on any atom is 0.387 e. The largest absolute Gasteiger partial charge is 0.455 e. The number of hydrogen-bond acceptors (Lipinski definition) is 3. The predicted molar refractivity (Wildman–Crippen MR) is 57.9 cm³/mol. The van der Waals surface area contributed by atoms with Crippen LogP contribution in [0.15, 0.2) is 24.3 Å². The van der Waals surface area contributed by atoms with E-state index in [0.29, 0.717) is 5.56 Å². The summed E-state index contributed by atoms with van der Waals surface area (Å²) in [4.78, 5) is 10.9. The molecule has 0 aromatic heterocycles. The predicted octanol–water partition coefficient (Wildman–Crippen LogP) is 3.09. The van der Waals surface area contributed by atoms with Gasteiger partial charge in [-0.25, -0.2) is 0 Å². The zero-order chi connectivity index (χ0) is 13.1. The molecule has 3 nitrogen and oxygen atoms in total. The minimum atomic E-state index is -2.85. The quantitative estimate of drug-likeness (QED) is 0.763. The van der Waals surface area contributed by atoms with Crippen LogP contribution in [0.5, 0.6) is 5.75 Å². The van der Waals surface area contributed by atoms with Crippen molar-refractivity contribution in [2.45, 2.75) is 33.0 Å². The highest BCUT2D eigenvalue weighted by molar-refractivity contribution is 5.66. The lowest BCUT2D eigenvalue weighted by atomic mass is 9.98. The average molecular weight is 244 g/mol. The van der Waals surface area contributed by atoms with Gasteiger partial charge < -0.3 is 9.47 Å². The number of carbonyl (C=O) groups excluding carboxylic acids is 1. The Kier molecular flexibility index (Phi) is 4.04. The molecule has 1 rings (SSSR count). The third-order valence-electron chi connectivity index (χ3n) is 2.17. The lowest BCUT2D eigenvalue weighted by molar-refractivity contribution is -0.154. The molecule has 0 amide bonds. The Bertz CT molecular complexity index is 385. The Morgan fingerprint density at radius 2 is 1.76 bits per heavy atom. The summed E-state index contributed by atoms with van der Waals surface area (Å²) in [6.07, 6.45) is 0. The number of hydrogen-bond donors (Lipinski definition) is 0. The van der Waals surface area contributed by atoms with E-state index >= 15 is 0 Å². The zero-order valence-corrected chi connectivity index (χ0v) is 9.87. The first-order valence-electron chi connectivity index (χ1n) is 5.06. The number of alkyl halides is 2. The second-order valence-corrected chi connectivity index (χ2v) is 4.01. The molecule has 0 radical (unpaired) electrons. The maximum atomic E-state index is 11.9. The highest BCUT2D eigenvalue weighted by Gasteiger charge is 2.23. The summed E-state index contributed by atoms with van der Waals surface area (Å²) in [5.41, 5.74) is -0.0934. The van der Waals surface area contributed by atoms with Gasteiger partial charge in [0.25, 0.3) is 0 Å². The van der Waals surface area contributed by atoms with E-state index in [1.165, 1.54) is 19.1 Å². The monoisotopic (exact) mass is 244 g/mol. The second-order valence-electron chi connectivity index (χ2n) is 4.01. The molecule has 0 unspecified atom stereocenters. The van der Waals surface area contributed by atoms with Gasteiger partial charge in [-0.2, -0.15) is 8.78 Å². The molecular weight excluding hydrogens is 230 g/mol. The summed E-state index contributed by atoms with van der Waals surface area (Å²) in [5.74, 6) is -0.328. The highest BCUT2D eigenvalue weighted by Crippen LogP contribution is 2.27. The molecule has 1 aromatic carbocycles. The summed E-state index contributed by atoms with van der Waals surface area (Å²) in [6.45, 7) is 1.91. The number of benzene rings is 1. The van der Waals surface area contributed by atoms with Crippen molar-refractivity contribution in [3.63, 3.8) is 0 Å². The van der Waals surface area contributed by atoms with Gasteiger partial charge in [0.1, 0.15) is 11.4 Å². The number of ether oxygens (including phenoxy) is 2. The summed E-state index contributed by atoms with van der Waals surface area (Å²) >= 11 is 0. The van der Waals surface area contributed by atoms with Crippen LogP contribution in [0.1, 0.15) is 26.3 Å². The van der Waals surface area contributed by atoms with Crippen LogP contribution in [0.2, 0.25) is 0 Å². The second kappa shape index (κ2) is 5.12. The van der Waals surface area contributed by atoms with Crippen LogP contribution in [0.3, 0.4) is 0 Å². The minimum absolute atomic E-state index is 0.0716. The third-order valence-corrected chi connectivity index (χ3v) is 2.17. The van der Waals surface area contributed by atoms with Gasteiger partial charge in [0, 0.05) is 6.92 Å². The lowest BCUT2D eigenvalue weighted by Gasteiger charge is -2.25. The molecule has 0 fully saturated rings. The molecule has 0 bridgehead atoms. The molecule has 0 aliphatic heterocycles. The van der Waals surface area contributed by atoms with Crippen molar-refractivity contribution in [3.8, 4) is 5.75 Å². The summed E-state index contributed by atoms with van der Waals surface area (Å²) in [5, 5.41) is 0. The van der Waals surface area contributed by atoms with Gasteiger partial charge in [-0.3, -0.25) is 4.79 Å². The van der Waals surface area contributed by atoms with E-state index < -0.39 is 18.2 Å². The Hall–Kier alpha value is -1.65. The molecule has 0 saturated carbocycles. The van der Waals surface area contributed by atoms with Crippen molar-refractivity contribution in [2.24, 2.45) is 0 Å². The van der Waals surface area contributed by atoms with Gasteiger partial charge in [0.2, 0.25) is 0 Å². The molecule has 94 valence electrons. The fraction of sp³-hybridized carbons (Fsp3) is 0.417. The molecule has 17 heavy (non-hydrogen) atoms. The van der Waals surface area contributed by atoms with Crippen molar-refractivity contribution in [1.82, 2.24) is 0 Å². The Labute approximate surface area is 98.3 Å². The van der Waals surface area contributed by atoms with Gasteiger partial charge in [-0.05, 0) is 31.5 Å². The SMILES string of the molecule is CC(=O)OC(C)(C)c1ccc(OC(F)F)cc1. The average Bonchev–Trinajstić information content (AvgIpc) is 2.15. The molecule has 0 N–H and O–H groups in total. The normalized spacial score (nSPS) is 11.4. The van der Waals surface area contributed by atoms with Crippen LogP contribution in [0.25, 0.3) is 0 Å². The molecule has 0 aliphatic carbocycles. The van der Waals surface area contributed by atoms with Crippen molar-refractivity contribution >= 4 is 5.97 Å². The summed E-state index contributed by atoms with van der Waals surface area (Å²) in [6, 6.07) is 5.99. The van der Waals surface area contributed by atoms with Crippen LogP contribution >= 0.6 is 0 Å². The number of esters is 1. The van der Waals surface area contributed by atoms with Crippen molar-refractivity contribution in [3.05, 3.63) is 29.8 Å². The molecule has 0 atom stereocenters. The molecule has 0 aliphatic rings. The maximum absolute atomic E-state index is 11.9. The Balaban J connectivity index is 2.82. The van der Waals surface area contributed by atoms with Gasteiger partial charge in [-0.1, -0.05) is 12.1 Å². The summed E-state index contributed by atoms with van der Waals surface area (Å²) in [7, 11) is 0. The number of carbonyl (C=O) groups is 1. The van der Waals surface area contributed by atoms with E-state index in [-0.39, 0.29) is 5.75 Å². The molecule has 0 heterocycles. The van der Waals surface area contributed by atoms with Crippen LogP contribution in [0.4, 0.5) is 8.78 Å². The Morgan fingerprint density at radius 3 is 2.18 bits per heavy atom. The fourth-order valence-corrected chi connectivity index (χ4v) is 1.46. The number of halogens is 2. The van der Waals surface area contributed by atoms with Gasteiger partial charge in [0.05, 0.1) is 0 Å². The van der Waals surface area contributed by atoms with Crippen LogP contribution in [-0.2, 0) is 15.1 Å². The highest BCUT2D eigenvalue weighted by atomic mass is 19.3. The first kappa shape index (κ1) is 13.4. The molecular formula is C12H14F2O3. The topological polar surface area (TPSA) is 35.5 Å². The van der Waals surface area contributed by atoms with E-state index in [1.54, 1.807) is 26.0 Å². The van der Waals surface area contributed by atoms with Gasteiger partial charge >= 0.3 is 12.6 Å². The molecule has 0 saturated heterocycles. The van der Waals surface area contributed by atoms with E-state index in [4.69, 9.17) is 4.74 Å². The number of rotatable bonds is 4. The fourth-order valence-electron chi connectivity index (χ4n) is 1.46. The Morgan fingerprint density at radius 1 is 1.24 bits per heavy atom. The van der Waals surface area contributed by atoms with Crippen LogP contribution in [0, 0.1) is 0 Å². The van der Waals surface area contributed by atoms with E-state index in [1.807, 2.05) is 0 Å². The third kappa shape index (κ3) is 4.01. The first-order valence-corrected chi connectivity index (χ1v) is 5.06. The lowest BCUT2D eigenvalue weighted by Crippen LogP contribution is -2.24. The standard InChI is InChI=1S/C12H14F2O3/c1-8(15)17-12(2,3)9-4-6-10(7-5-9)16-11(13)14/h4-7,11H,1-3H3. The van der Waals surface area contributed by atoms with E-state index in [2.05, 4.69) is 4.74 Å². The molecule has 0 spiro atoms. The van der Waals surface area contributed by atoms with Gasteiger partial charge in [0.15, 0.2) is 0 Å². The van der Waals surface area contributed by atoms with E-state index in [9.17, 15) is 13.6 Å².